The average molecular weight is 256 g/mol. The molecule has 4 nitrogen and oxygen atoms in total. The molecule has 1 atom stereocenters. The van der Waals surface area contributed by atoms with Crippen LogP contribution in [0.2, 0.25) is 0 Å². The van der Waals surface area contributed by atoms with Gasteiger partial charge in [0.25, 0.3) is 5.91 Å². The first-order valence-corrected chi connectivity index (χ1v) is 6.42. The maximum absolute atomic E-state index is 12.5. The molecule has 1 unspecified atom stereocenters. The van der Waals surface area contributed by atoms with Crippen molar-refractivity contribution < 1.29 is 9.90 Å². The molecule has 1 aromatic carbocycles. The number of pyridine rings is 1. The van der Waals surface area contributed by atoms with Crippen molar-refractivity contribution in [3.05, 3.63) is 42.1 Å². The predicted molar refractivity (Wildman–Crippen MR) is 72.9 cm³/mol. The van der Waals surface area contributed by atoms with Crippen LogP contribution in [0.1, 0.15) is 23.7 Å². The number of fused-ring (bicyclic) bond motifs is 1. The third-order valence-corrected chi connectivity index (χ3v) is 3.62. The number of likely N-dealkylation sites (tertiary alicyclic amines) is 1. The van der Waals surface area contributed by atoms with Crippen LogP contribution in [0.25, 0.3) is 10.9 Å². The summed E-state index contributed by atoms with van der Waals surface area (Å²) in [5.41, 5.74) is 0.709. The fourth-order valence-corrected chi connectivity index (χ4v) is 2.57. The minimum Gasteiger partial charge on any atom is -0.388 e. The first kappa shape index (κ1) is 12.1. The number of nitrogens with zero attached hydrogens (tertiary/aromatic N) is 2. The molecule has 2 aromatic rings. The highest BCUT2D eigenvalue weighted by Gasteiger charge is 2.34. The van der Waals surface area contributed by atoms with Crippen molar-refractivity contribution in [2.24, 2.45) is 0 Å². The van der Waals surface area contributed by atoms with Crippen molar-refractivity contribution in [3.8, 4) is 0 Å². The van der Waals surface area contributed by atoms with Crippen molar-refractivity contribution in [2.75, 3.05) is 13.1 Å². The van der Waals surface area contributed by atoms with E-state index in [9.17, 15) is 9.90 Å². The van der Waals surface area contributed by atoms with Crippen LogP contribution < -0.4 is 0 Å². The van der Waals surface area contributed by atoms with Crippen LogP contribution in [0.15, 0.2) is 36.5 Å². The standard InChI is InChI=1S/C15H16N2O2/c1-15(19)7-9-17(10-15)14(18)12-6-8-16-13-5-3-2-4-11(12)13/h2-6,8,19H,7,9-10H2,1H3. The van der Waals surface area contributed by atoms with Crippen molar-refractivity contribution in [3.63, 3.8) is 0 Å². The van der Waals surface area contributed by atoms with Crippen LogP contribution in [-0.2, 0) is 0 Å². The molecule has 3 rings (SSSR count). The molecule has 0 aliphatic carbocycles. The second-order valence-electron chi connectivity index (χ2n) is 5.35. The highest BCUT2D eigenvalue weighted by molar-refractivity contribution is 6.06. The summed E-state index contributed by atoms with van der Waals surface area (Å²) in [5.74, 6) is -0.0311. The number of aromatic nitrogens is 1. The minimum atomic E-state index is -0.765. The molecule has 1 saturated heterocycles. The zero-order valence-corrected chi connectivity index (χ0v) is 10.8. The monoisotopic (exact) mass is 256 g/mol. The van der Waals surface area contributed by atoms with E-state index in [2.05, 4.69) is 4.98 Å². The second kappa shape index (κ2) is 4.31. The van der Waals surface area contributed by atoms with Crippen molar-refractivity contribution in [2.45, 2.75) is 18.9 Å². The Morgan fingerprint density at radius 1 is 1.37 bits per heavy atom. The van der Waals surface area contributed by atoms with Crippen molar-refractivity contribution >= 4 is 16.8 Å². The summed E-state index contributed by atoms with van der Waals surface area (Å²) in [4.78, 5) is 18.5. The Bertz CT molecular complexity index is 632. The summed E-state index contributed by atoms with van der Waals surface area (Å²) in [6, 6.07) is 9.36. The van der Waals surface area contributed by atoms with Gasteiger partial charge in [-0.3, -0.25) is 9.78 Å². The third kappa shape index (κ3) is 2.19. The number of hydrogen-bond acceptors (Lipinski definition) is 3. The van der Waals surface area contributed by atoms with E-state index in [1.807, 2.05) is 24.3 Å². The fourth-order valence-electron chi connectivity index (χ4n) is 2.57. The quantitative estimate of drug-likeness (QED) is 0.847. The minimum absolute atomic E-state index is 0.0311. The fraction of sp³-hybridized carbons (Fsp3) is 0.333. The number of para-hydroxylation sites is 1. The van der Waals surface area contributed by atoms with E-state index in [1.165, 1.54) is 0 Å². The molecule has 0 bridgehead atoms. The molecule has 1 N–H and O–H groups in total. The molecular formula is C15H16N2O2. The molecule has 1 amide bonds. The summed E-state index contributed by atoms with van der Waals surface area (Å²) < 4.78 is 0. The number of carbonyl (C=O) groups is 1. The Morgan fingerprint density at radius 3 is 2.89 bits per heavy atom. The summed E-state index contributed by atoms with van der Waals surface area (Å²) in [6.07, 6.45) is 2.28. The molecule has 0 saturated carbocycles. The number of amides is 1. The van der Waals surface area contributed by atoms with Crippen LogP contribution in [0, 0.1) is 0 Å². The molecule has 0 spiro atoms. The lowest BCUT2D eigenvalue weighted by atomic mass is 10.1. The lowest BCUT2D eigenvalue weighted by Gasteiger charge is -2.19. The average Bonchev–Trinajstić information content (AvgIpc) is 2.78. The number of hydrogen-bond donors (Lipinski definition) is 1. The number of β-amino-alcohol motifs (C(OH)–C–C–N with tert-alkyl or cyclic N) is 1. The highest BCUT2D eigenvalue weighted by atomic mass is 16.3. The van der Waals surface area contributed by atoms with E-state index in [4.69, 9.17) is 0 Å². The summed E-state index contributed by atoms with van der Waals surface area (Å²) in [7, 11) is 0. The molecule has 0 radical (unpaired) electrons. The highest BCUT2D eigenvalue weighted by Crippen LogP contribution is 2.24. The molecule has 1 aromatic heterocycles. The number of aliphatic hydroxyl groups is 1. The molecule has 4 heteroatoms. The Hall–Kier alpha value is -1.94. The van der Waals surface area contributed by atoms with Gasteiger partial charge in [-0.25, -0.2) is 0 Å². The van der Waals surface area contributed by atoms with Crippen molar-refractivity contribution in [1.82, 2.24) is 9.88 Å². The molecule has 1 aliphatic rings. The first-order chi connectivity index (χ1) is 9.07. The van der Waals surface area contributed by atoms with E-state index < -0.39 is 5.60 Å². The van der Waals surface area contributed by atoms with Gasteiger partial charge >= 0.3 is 0 Å². The van der Waals surface area contributed by atoms with Crippen LogP contribution in [-0.4, -0.2) is 39.6 Å². The molecule has 1 fully saturated rings. The Morgan fingerprint density at radius 2 is 2.16 bits per heavy atom. The van der Waals surface area contributed by atoms with Gasteiger partial charge in [0.2, 0.25) is 0 Å². The topological polar surface area (TPSA) is 53.4 Å². The normalized spacial score (nSPS) is 22.9. The van der Waals surface area contributed by atoms with E-state index in [-0.39, 0.29) is 5.91 Å². The largest absolute Gasteiger partial charge is 0.388 e. The number of rotatable bonds is 1. The zero-order chi connectivity index (χ0) is 13.5. The van der Waals surface area contributed by atoms with Gasteiger partial charge in [0.15, 0.2) is 0 Å². The molecule has 1 aliphatic heterocycles. The molecular weight excluding hydrogens is 240 g/mol. The predicted octanol–water partition coefficient (Wildman–Crippen LogP) is 1.83. The van der Waals surface area contributed by atoms with Gasteiger partial charge in [-0.1, -0.05) is 18.2 Å². The van der Waals surface area contributed by atoms with E-state index >= 15 is 0 Å². The van der Waals surface area contributed by atoms with Crippen LogP contribution in [0.5, 0.6) is 0 Å². The maximum Gasteiger partial charge on any atom is 0.254 e. The van der Waals surface area contributed by atoms with Gasteiger partial charge < -0.3 is 10.0 Å². The van der Waals surface area contributed by atoms with Gasteiger partial charge in [-0.2, -0.15) is 0 Å². The second-order valence-corrected chi connectivity index (χ2v) is 5.35. The summed E-state index contributed by atoms with van der Waals surface area (Å²) in [5, 5.41) is 10.8. The molecule has 98 valence electrons. The Labute approximate surface area is 111 Å². The van der Waals surface area contributed by atoms with Gasteiger partial charge in [0.1, 0.15) is 0 Å². The van der Waals surface area contributed by atoms with E-state index in [0.29, 0.717) is 25.1 Å². The summed E-state index contributed by atoms with van der Waals surface area (Å²) in [6.45, 7) is 2.76. The third-order valence-electron chi connectivity index (χ3n) is 3.62. The summed E-state index contributed by atoms with van der Waals surface area (Å²) >= 11 is 0. The maximum atomic E-state index is 12.5. The van der Waals surface area contributed by atoms with Crippen molar-refractivity contribution in [1.29, 1.82) is 0 Å². The van der Waals surface area contributed by atoms with Gasteiger partial charge in [0, 0.05) is 24.7 Å². The molecule has 19 heavy (non-hydrogen) atoms. The van der Waals surface area contributed by atoms with Crippen LogP contribution >= 0.6 is 0 Å². The van der Waals surface area contributed by atoms with Gasteiger partial charge in [-0.05, 0) is 25.5 Å². The number of carbonyl (C=O) groups excluding carboxylic acids is 1. The smallest absolute Gasteiger partial charge is 0.254 e. The van der Waals surface area contributed by atoms with Crippen LogP contribution in [0.4, 0.5) is 0 Å². The van der Waals surface area contributed by atoms with E-state index in [0.717, 1.165) is 10.9 Å². The Balaban J connectivity index is 1.99. The lowest BCUT2D eigenvalue weighted by molar-refractivity contribution is 0.0573. The number of benzene rings is 1. The lowest BCUT2D eigenvalue weighted by Crippen LogP contribution is -2.34. The van der Waals surface area contributed by atoms with E-state index in [1.54, 1.807) is 24.1 Å². The SMILES string of the molecule is CC1(O)CCN(C(=O)c2ccnc3ccccc23)C1. The zero-order valence-electron chi connectivity index (χ0n) is 10.8. The van der Waals surface area contributed by atoms with Gasteiger partial charge in [0.05, 0.1) is 16.7 Å². The molecule has 2 heterocycles. The first-order valence-electron chi connectivity index (χ1n) is 6.42. The van der Waals surface area contributed by atoms with Crippen LogP contribution in [0.3, 0.4) is 0 Å². The Kier molecular flexibility index (Phi) is 2.75. The van der Waals surface area contributed by atoms with Gasteiger partial charge in [-0.15, -0.1) is 0 Å².